The summed E-state index contributed by atoms with van der Waals surface area (Å²) >= 11 is 1.71. The molecule has 0 saturated carbocycles. The Morgan fingerprint density at radius 3 is 2.79 bits per heavy atom. The highest BCUT2D eigenvalue weighted by molar-refractivity contribution is 7.99. The number of ether oxygens (including phenoxy) is 1. The van der Waals surface area contributed by atoms with Crippen LogP contribution in [-0.2, 0) is 11.3 Å². The molecule has 0 radical (unpaired) electrons. The standard InChI is InChI=1S/C20H23NO2S/c1-15-7-2-3-8-16(15)13-21-20(22)18-10-4-5-11-19(18)24-14-17-9-6-12-23-17/h2-5,7-8,10-11,17H,6,9,12-14H2,1H3,(H,21,22)/t17-/m1/s1. The first kappa shape index (κ1) is 17.1. The van der Waals surface area contributed by atoms with Crippen LogP contribution in [0.15, 0.2) is 53.4 Å². The van der Waals surface area contributed by atoms with Crippen molar-refractivity contribution >= 4 is 17.7 Å². The van der Waals surface area contributed by atoms with Gasteiger partial charge in [0.25, 0.3) is 5.91 Å². The summed E-state index contributed by atoms with van der Waals surface area (Å²) in [6.45, 7) is 3.48. The Labute approximate surface area is 147 Å². The second-order valence-electron chi connectivity index (χ2n) is 6.05. The maximum absolute atomic E-state index is 12.6. The quantitative estimate of drug-likeness (QED) is 0.801. The lowest BCUT2D eigenvalue weighted by molar-refractivity contribution is 0.0947. The van der Waals surface area contributed by atoms with Gasteiger partial charge in [-0.2, -0.15) is 0 Å². The average Bonchev–Trinajstić information content (AvgIpc) is 3.13. The maximum Gasteiger partial charge on any atom is 0.252 e. The van der Waals surface area contributed by atoms with Gasteiger partial charge in [0, 0.05) is 23.8 Å². The summed E-state index contributed by atoms with van der Waals surface area (Å²) in [5.74, 6) is 0.885. The Hall–Kier alpha value is -1.78. The molecular weight excluding hydrogens is 318 g/mol. The molecule has 0 aliphatic carbocycles. The van der Waals surface area contributed by atoms with E-state index in [1.54, 1.807) is 11.8 Å². The first-order valence-corrected chi connectivity index (χ1v) is 9.39. The van der Waals surface area contributed by atoms with Crippen LogP contribution in [0.25, 0.3) is 0 Å². The van der Waals surface area contributed by atoms with Crippen molar-refractivity contribution in [1.29, 1.82) is 0 Å². The van der Waals surface area contributed by atoms with Crippen LogP contribution in [0.5, 0.6) is 0 Å². The summed E-state index contributed by atoms with van der Waals surface area (Å²) in [7, 11) is 0. The molecule has 2 aromatic rings. The molecule has 1 heterocycles. The summed E-state index contributed by atoms with van der Waals surface area (Å²) in [6.07, 6.45) is 2.58. The zero-order chi connectivity index (χ0) is 16.8. The van der Waals surface area contributed by atoms with Gasteiger partial charge in [-0.25, -0.2) is 0 Å². The van der Waals surface area contributed by atoms with Crippen molar-refractivity contribution in [2.24, 2.45) is 0 Å². The number of hydrogen-bond acceptors (Lipinski definition) is 3. The highest BCUT2D eigenvalue weighted by Crippen LogP contribution is 2.26. The lowest BCUT2D eigenvalue weighted by atomic mass is 10.1. The number of benzene rings is 2. The lowest BCUT2D eigenvalue weighted by Crippen LogP contribution is -2.24. The van der Waals surface area contributed by atoms with Gasteiger partial charge in [0.1, 0.15) is 0 Å². The van der Waals surface area contributed by atoms with E-state index < -0.39 is 0 Å². The van der Waals surface area contributed by atoms with Crippen LogP contribution in [0.4, 0.5) is 0 Å². The van der Waals surface area contributed by atoms with Gasteiger partial charge < -0.3 is 10.1 Å². The first-order chi connectivity index (χ1) is 11.7. The predicted octanol–water partition coefficient (Wildman–Crippen LogP) is 4.20. The molecule has 0 bridgehead atoms. The maximum atomic E-state index is 12.6. The number of rotatable bonds is 6. The molecule has 4 heteroatoms. The van der Waals surface area contributed by atoms with E-state index in [2.05, 4.69) is 18.3 Å². The molecule has 24 heavy (non-hydrogen) atoms. The van der Waals surface area contributed by atoms with Crippen LogP contribution >= 0.6 is 11.8 Å². The van der Waals surface area contributed by atoms with Gasteiger partial charge in [0.05, 0.1) is 11.7 Å². The first-order valence-electron chi connectivity index (χ1n) is 8.40. The number of hydrogen-bond donors (Lipinski definition) is 1. The van der Waals surface area contributed by atoms with E-state index in [1.807, 2.05) is 42.5 Å². The summed E-state index contributed by atoms with van der Waals surface area (Å²) in [4.78, 5) is 13.6. The Balaban J connectivity index is 1.62. The van der Waals surface area contributed by atoms with Crippen LogP contribution < -0.4 is 5.32 Å². The molecule has 0 spiro atoms. The Bertz CT molecular complexity index is 696. The second-order valence-corrected chi connectivity index (χ2v) is 7.11. The fourth-order valence-corrected chi connectivity index (χ4v) is 3.94. The Morgan fingerprint density at radius 2 is 2.00 bits per heavy atom. The molecular formula is C20H23NO2S. The molecule has 1 N–H and O–H groups in total. The van der Waals surface area contributed by atoms with Crippen LogP contribution in [0.3, 0.4) is 0 Å². The Kier molecular flexibility index (Phi) is 5.94. The van der Waals surface area contributed by atoms with E-state index in [4.69, 9.17) is 4.74 Å². The molecule has 1 amide bonds. The zero-order valence-electron chi connectivity index (χ0n) is 14.0. The van der Waals surface area contributed by atoms with Crippen LogP contribution in [0.1, 0.15) is 34.3 Å². The van der Waals surface area contributed by atoms with Crippen molar-refractivity contribution < 1.29 is 9.53 Å². The van der Waals surface area contributed by atoms with Crippen LogP contribution in [-0.4, -0.2) is 24.4 Å². The highest BCUT2D eigenvalue weighted by atomic mass is 32.2. The second kappa shape index (κ2) is 8.36. The normalized spacial score (nSPS) is 17.0. The van der Waals surface area contributed by atoms with Gasteiger partial charge in [-0.05, 0) is 43.0 Å². The van der Waals surface area contributed by atoms with Crippen molar-refractivity contribution in [2.45, 2.75) is 37.3 Å². The lowest BCUT2D eigenvalue weighted by Gasteiger charge is -2.13. The molecule has 3 nitrogen and oxygen atoms in total. The monoisotopic (exact) mass is 341 g/mol. The van der Waals surface area contributed by atoms with E-state index in [1.165, 1.54) is 5.56 Å². The van der Waals surface area contributed by atoms with Gasteiger partial charge in [-0.1, -0.05) is 36.4 Å². The molecule has 1 aliphatic rings. The molecule has 0 aromatic heterocycles. The minimum Gasteiger partial charge on any atom is -0.377 e. The van der Waals surface area contributed by atoms with E-state index in [0.717, 1.165) is 41.2 Å². The minimum absolute atomic E-state index is 0.0197. The largest absolute Gasteiger partial charge is 0.377 e. The van der Waals surface area contributed by atoms with Gasteiger partial charge in [0.15, 0.2) is 0 Å². The fourth-order valence-electron chi connectivity index (χ4n) is 2.82. The SMILES string of the molecule is Cc1ccccc1CNC(=O)c1ccccc1SC[C@H]1CCCO1. The number of aryl methyl sites for hydroxylation is 1. The summed E-state index contributed by atoms with van der Waals surface area (Å²) < 4.78 is 5.67. The number of thioether (sulfide) groups is 1. The van der Waals surface area contributed by atoms with Gasteiger partial charge >= 0.3 is 0 Å². The topological polar surface area (TPSA) is 38.3 Å². The third-order valence-electron chi connectivity index (χ3n) is 4.28. The predicted molar refractivity (Wildman–Crippen MR) is 98.5 cm³/mol. The number of carbonyl (C=O) groups excluding carboxylic acids is 1. The fraction of sp³-hybridized carbons (Fsp3) is 0.350. The summed E-state index contributed by atoms with van der Waals surface area (Å²) in [6, 6.07) is 15.9. The minimum atomic E-state index is -0.0197. The van der Waals surface area contributed by atoms with Crippen molar-refractivity contribution in [3.63, 3.8) is 0 Å². The third kappa shape index (κ3) is 4.40. The molecule has 1 saturated heterocycles. The molecule has 3 rings (SSSR count). The number of carbonyl (C=O) groups is 1. The third-order valence-corrected chi connectivity index (χ3v) is 5.49. The number of nitrogens with one attached hydrogen (secondary N) is 1. The summed E-state index contributed by atoms with van der Waals surface area (Å²) in [5.41, 5.74) is 3.09. The zero-order valence-corrected chi connectivity index (χ0v) is 14.8. The molecule has 1 fully saturated rings. The number of amides is 1. The van der Waals surface area contributed by atoms with Crippen molar-refractivity contribution in [2.75, 3.05) is 12.4 Å². The average molecular weight is 341 g/mol. The van der Waals surface area contributed by atoms with Crippen molar-refractivity contribution in [1.82, 2.24) is 5.32 Å². The van der Waals surface area contributed by atoms with Crippen molar-refractivity contribution in [3.05, 3.63) is 65.2 Å². The van der Waals surface area contributed by atoms with E-state index in [-0.39, 0.29) is 5.91 Å². The molecule has 126 valence electrons. The molecule has 1 aliphatic heterocycles. The highest BCUT2D eigenvalue weighted by Gasteiger charge is 2.17. The van der Waals surface area contributed by atoms with Crippen molar-refractivity contribution in [3.8, 4) is 0 Å². The molecule has 1 atom stereocenters. The molecule has 0 unspecified atom stereocenters. The van der Waals surface area contributed by atoms with E-state index >= 15 is 0 Å². The van der Waals surface area contributed by atoms with Gasteiger partial charge in [0.2, 0.25) is 0 Å². The van der Waals surface area contributed by atoms with Gasteiger partial charge in [-0.15, -0.1) is 11.8 Å². The van der Waals surface area contributed by atoms with Crippen LogP contribution in [0, 0.1) is 6.92 Å². The van der Waals surface area contributed by atoms with E-state index in [9.17, 15) is 4.79 Å². The summed E-state index contributed by atoms with van der Waals surface area (Å²) in [5, 5.41) is 3.04. The smallest absolute Gasteiger partial charge is 0.252 e. The Morgan fingerprint density at radius 1 is 1.21 bits per heavy atom. The van der Waals surface area contributed by atoms with Crippen LogP contribution in [0.2, 0.25) is 0 Å². The molecule has 2 aromatic carbocycles. The van der Waals surface area contributed by atoms with Gasteiger partial charge in [-0.3, -0.25) is 4.79 Å². The van der Waals surface area contributed by atoms with E-state index in [0.29, 0.717) is 12.6 Å².